The number of carbonyl (C=O) groups excluding carboxylic acids is 4. The molecule has 1 saturated carbocycles. The molecular weight excluding hydrogens is 416 g/mol. The largest absolute Gasteiger partial charge is 0.480 e. The predicted molar refractivity (Wildman–Crippen MR) is 113 cm³/mol. The Morgan fingerprint density at radius 1 is 1.12 bits per heavy atom. The second-order valence-electron chi connectivity index (χ2n) is 8.52. The number of anilines is 1. The number of likely N-dealkylation sites (N-methyl/N-ethyl adjacent to an activating group) is 1. The number of aliphatic carboxylic acids is 1. The van der Waals surface area contributed by atoms with Gasteiger partial charge >= 0.3 is 5.97 Å². The third-order valence-electron chi connectivity index (χ3n) is 6.57. The first-order chi connectivity index (χ1) is 15.3. The van der Waals surface area contributed by atoms with Gasteiger partial charge in [-0.05, 0) is 37.5 Å². The molecule has 2 heterocycles. The van der Waals surface area contributed by atoms with E-state index in [1.807, 2.05) is 11.9 Å². The van der Waals surface area contributed by atoms with Gasteiger partial charge in [-0.1, -0.05) is 12.8 Å². The van der Waals surface area contributed by atoms with Crippen LogP contribution in [0.4, 0.5) is 5.69 Å². The van der Waals surface area contributed by atoms with Gasteiger partial charge in [0.05, 0.1) is 17.7 Å². The molecule has 3 N–H and O–H groups in total. The van der Waals surface area contributed by atoms with Gasteiger partial charge in [0.2, 0.25) is 11.8 Å². The lowest BCUT2D eigenvalue weighted by Crippen LogP contribution is -2.54. The Bertz CT molecular complexity index is 993. The van der Waals surface area contributed by atoms with Crippen LogP contribution in [0.25, 0.3) is 0 Å². The lowest BCUT2D eigenvalue weighted by molar-refractivity contribution is -0.137. The molecule has 1 aromatic carbocycles. The maximum Gasteiger partial charge on any atom is 0.317 e. The molecule has 0 aromatic heterocycles. The van der Waals surface area contributed by atoms with Crippen LogP contribution in [-0.4, -0.2) is 71.3 Å². The van der Waals surface area contributed by atoms with Crippen molar-refractivity contribution < 1.29 is 29.1 Å². The summed E-state index contributed by atoms with van der Waals surface area (Å²) >= 11 is 0. The van der Waals surface area contributed by atoms with E-state index in [1.165, 1.54) is 0 Å². The average molecular weight is 442 g/mol. The molecule has 10 heteroatoms. The monoisotopic (exact) mass is 442 g/mol. The minimum atomic E-state index is -0.996. The highest BCUT2D eigenvalue weighted by molar-refractivity contribution is 6.23. The molecular formula is C22H26N4O6. The van der Waals surface area contributed by atoms with Gasteiger partial charge < -0.3 is 15.3 Å². The van der Waals surface area contributed by atoms with Crippen LogP contribution in [0.2, 0.25) is 0 Å². The van der Waals surface area contributed by atoms with Crippen LogP contribution >= 0.6 is 0 Å². The second kappa shape index (κ2) is 8.70. The number of carbonyl (C=O) groups is 5. The van der Waals surface area contributed by atoms with Crippen molar-refractivity contribution in [2.24, 2.45) is 0 Å². The summed E-state index contributed by atoms with van der Waals surface area (Å²) < 4.78 is 0. The van der Waals surface area contributed by atoms with E-state index < -0.39 is 35.6 Å². The summed E-state index contributed by atoms with van der Waals surface area (Å²) in [4.78, 5) is 63.6. The fourth-order valence-corrected chi connectivity index (χ4v) is 4.90. The van der Waals surface area contributed by atoms with E-state index in [2.05, 4.69) is 10.6 Å². The van der Waals surface area contributed by atoms with E-state index >= 15 is 0 Å². The number of benzene rings is 1. The molecule has 3 aliphatic rings. The molecule has 32 heavy (non-hydrogen) atoms. The molecule has 10 nitrogen and oxygen atoms in total. The maximum absolute atomic E-state index is 13.1. The Hall–Kier alpha value is -3.27. The number of hydrogen-bond acceptors (Lipinski definition) is 7. The van der Waals surface area contributed by atoms with E-state index in [9.17, 15) is 24.0 Å². The SMILES string of the molecule is CN(c1ccc2c(c1)C(=O)N(C1CCC(=O)NC1=O)C2=O)[C@@H]1CCCC[C@@H]1NCC(=O)O. The number of imide groups is 2. The minimum Gasteiger partial charge on any atom is -0.480 e. The molecule has 3 atom stereocenters. The zero-order valence-corrected chi connectivity index (χ0v) is 17.8. The van der Waals surface area contributed by atoms with Gasteiger partial charge in [0, 0.05) is 31.2 Å². The van der Waals surface area contributed by atoms with Gasteiger partial charge in [0.15, 0.2) is 0 Å². The number of carboxylic acid groups (broad SMARTS) is 1. The summed E-state index contributed by atoms with van der Waals surface area (Å²) in [5.74, 6) is -3.04. The fourth-order valence-electron chi connectivity index (χ4n) is 4.90. The highest BCUT2D eigenvalue weighted by Crippen LogP contribution is 2.32. The summed E-state index contributed by atoms with van der Waals surface area (Å²) in [6, 6.07) is 4.06. The summed E-state index contributed by atoms with van der Waals surface area (Å²) in [7, 11) is 1.90. The molecule has 1 aliphatic carbocycles. The minimum absolute atomic E-state index is 0.00425. The third-order valence-corrected chi connectivity index (χ3v) is 6.57. The van der Waals surface area contributed by atoms with Crippen molar-refractivity contribution in [2.75, 3.05) is 18.5 Å². The summed E-state index contributed by atoms with van der Waals surface area (Å²) in [6.07, 6.45) is 3.95. The Kier molecular flexibility index (Phi) is 5.96. The molecule has 1 unspecified atom stereocenters. The number of carboxylic acids is 1. The molecule has 2 fully saturated rings. The molecule has 0 radical (unpaired) electrons. The van der Waals surface area contributed by atoms with Crippen molar-refractivity contribution in [3.8, 4) is 0 Å². The van der Waals surface area contributed by atoms with Gasteiger partial charge in [-0.2, -0.15) is 0 Å². The van der Waals surface area contributed by atoms with Crippen LogP contribution in [0.15, 0.2) is 18.2 Å². The van der Waals surface area contributed by atoms with Gasteiger partial charge in [-0.3, -0.25) is 34.2 Å². The van der Waals surface area contributed by atoms with Crippen LogP contribution in [0.5, 0.6) is 0 Å². The molecule has 170 valence electrons. The lowest BCUT2D eigenvalue weighted by atomic mass is 9.89. The zero-order chi connectivity index (χ0) is 23.0. The summed E-state index contributed by atoms with van der Waals surface area (Å²) in [6.45, 7) is -0.118. The molecule has 0 spiro atoms. The molecule has 0 bridgehead atoms. The molecule has 2 aliphatic heterocycles. The zero-order valence-electron chi connectivity index (χ0n) is 17.8. The first-order valence-electron chi connectivity index (χ1n) is 10.8. The molecule has 1 aromatic rings. The Balaban J connectivity index is 1.56. The van der Waals surface area contributed by atoms with Gasteiger partial charge in [0.1, 0.15) is 6.04 Å². The highest BCUT2D eigenvalue weighted by Gasteiger charge is 2.45. The quantitative estimate of drug-likeness (QED) is 0.542. The molecule has 4 rings (SSSR count). The maximum atomic E-state index is 13.1. The Morgan fingerprint density at radius 3 is 2.56 bits per heavy atom. The van der Waals surface area contributed by atoms with E-state index in [1.54, 1.807) is 18.2 Å². The van der Waals surface area contributed by atoms with Crippen LogP contribution < -0.4 is 15.5 Å². The van der Waals surface area contributed by atoms with E-state index in [4.69, 9.17) is 5.11 Å². The van der Waals surface area contributed by atoms with Crippen molar-refractivity contribution in [2.45, 2.75) is 56.7 Å². The first kappa shape index (κ1) is 21.9. The standard InChI is InChI=1S/C22H26N4O6/c1-25(16-5-3-2-4-15(16)23-11-19(28)29)12-6-7-13-14(10-12)22(32)26(21(13)31)17-8-9-18(27)24-20(17)30/h6-7,10,15-17,23H,2-5,8-9,11H2,1H3,(H,28,29)(H,24,27,30)/t15-,16+,17?/m0/s1. The number of rotatable bonds is 6. The second-order valence-corrected chi connectivity index (χ2v) is 8.52. The number of amides is 4. The van der Waals surface area contributed by atoms with E-state index in [-0.39, 0.29) is 42.6 Å². The summed E-state index contributed by atoms with van der Waals surface area (Å²) in [5.41, 5.74) is 1.21. The number of piperidine rings is 1. The fraction of sp³-hybridized carbons (Fsp3) is 0.500. The first-order valence-corrected chi connectivity index (χ1v) is 10.8. The molecule has 1 saturated heterocycles. The van der Waals surface area contributed by atoms with E-state index in [0.717, 1.165) is 36.3 Å². The Morgan fingerprint density at radius 2 is 1.84 bits per heavy atom. The highest BCUT2D eigenvalue weighted by atomic mass is 16.4. The smallest absolute Gasteiger partial charge is 0.317 e. The number of hydrogen-bond donors (Lipinski definition) is 3. The summed E-state index contributed by atoms with van der Waals surface area (Å²) in [5, 5.41) is 14.3. The normalized spacial score (nSPS) is 25.5. The average Bonchev–Trinajstić information content (AvgIpc) is 3.02. The van der Waals surface area contributed by atoms with Crippen LogP contribution in [-0.2, 0) is 14.4 Å². The van der Waals surface area contributed by atoms with E-state index in [0.29, 0.717) is 0 Å². The number of nitrogens with zero attached hydrogens (tertiary/aromatic N) is 2. The number of fused-ring (bicyclic) bond motifs is 1. The third kappa shape index (κ3) is 3.97. The van der Waals surface area contributed by atoms with Gasteiger partial charge in [0.25, 0.3) is 11.8 Å². The number of nitrogens with one attached hydrogen (secondary N) is 2. The molecule has 4 amide bonds. The van der Waals surface area contributed by atoms with Crippen molar-refractivity contribution >= 4 is 35.3 Å². The topological polar surface area (TPSA) is 136 Å². The van der Waals surface area contributed by atoms with Gasteiger partial charge in [-0.25, -0.2) is 0 Å². The Labute approximate surface area is 184 Å². The van der Waals surface area contributed by atoms with Gasteiger partial charge in [-0.15, -0.1) is 0 Å². The van der Waals surface area contributed by atoms with Crippen LogP contribution in [0.3, 0.4) is 0 Å². The van der Waals surface area contributed by atoms with Crippen molar-refractivity contribution in [1.82, 2.24) is 15.5 Å². The van der Waals surface area contributed by atoms with Crippen LogP contribution in [0.1, 0.15) is 59.2 Å². The van der Waals surface area contributed by atoms with Crippen LogP contribution in [0, 0.1) is 0 Å². The predicted octanol–water partition coefficient (Wildman–Crippen LogP) is 0.509. The lowest BCUT2D eigenvalue weighted by Gasteiger charge is -2.39. The van der Waals surface area contributed by atoms with Crippen molar-refractivity contribution in [1.29, 1.82) is 0 Å². The van der Waals surface area contributed by atoms with Crippen molar-refractivity contribution in [3.63, 3.8) is 0 Å². The van der Waals surface area contributed by atoms with Crippen molar-refractivity contribution in [3.05, 3.63) is 29.3 Å².